The molecule has 2 saturated carbocycles. The zero-order chi connectivity index (χ0) is 12.8. The van der Waals surface area contributed by atoms with E-state index in [1.165, 1.54) is 17.0 Å². The van der Waals surface area contributed by atoms with Gasteiger partial charge in [-0.15, -0.1) is 0 Å². The van der Waals surface area contributed by atoms with Gasteiger partial charge in [-0.25, -0.2) is 0 Å². The zero-order valence-corrected chi connectivity index (χ0v) is 12.0. The Hall–Kier alpha value is -0.461. The van der Waals surface area contributed by atoms with Gasteiger partial charge in [-0.1, -0.05) is 6.07 Å². The van der Waals surface area contributed by atoms with Crippen LogP contribution in [-0.4, -0.2) is 0 Å². The quantitative estimate of drug-likeness (QED) is 0.623. The van der Waals surface area contributed by atoms with Crippen molar-refractivity contribution < 1.29 is 17.1 Å². The first kappa shape index (κ1) is 16.6. The third-order valence-electron chi connectivity index (χ3n) is 2.78. The monoisotopic (exact) mass is 291 g/mol. The summed E-state index contributed by atoms with van der Waals surface area (Å²) < 4.78 is 0. The first-order valence-corrected chi connectivity index (χ1v) is 6.02. The number of hydrogen-bond acceptors (Lipinski definition) is 1. The summed E-state index contributed by atoms with van der Waals surface area (Å²) in [5, 5.41) is 0. The van der Waals surface area contributed by atoms with Crippen LogP contribution in [0.15, 0.2) is 18.2 Å². The van der Waals surface area contributed by atoms with Crippen LogP contribution in [0, 0.1) is 70.6 Å². The predicted octanol–water partition coefficient (Wildman–Crippen LogP) is 3.35. The number of aryl methyl sites for hydroxylation is 1. The molecule has 2 N–H and O–H groups in total. The Bertz CT molecular complexity index is 358. The van der Waals surface area contributed by atoms with Gasteiger partial charge in [0.15, 0.2) is 0 Å². The van der Waals surface area contributed by atoms with E-state index >= 15 is 0 Å². The fourth-order valence-corrected chi connectivity index (χ4v) is 1.89. The molecule has 10 radical (unpaired) electrons. The fraction of sp³-hybridized carbons (Fsp3) is 0.0588. The van der Waals surface area contributed by atoms with Crippen molar-refractivity contribution in [2.75, 3.05) is 5.73 Å². The number of hydrogen-bond donors (Lipinski definition) is 1. The molecular weight excluding hydrogens is 274 g/mol. The number of benzene rings is 1. The Kier molecular flexibility index (Phi) is 7.56. The molecule has 98 valence electrons. The molecule has 0 aromatic heterocycles. The second-order valence-electron chi connectivity index (χ2n) is 4.21. The molecule has 0 aliphatic heterocycles. The van der Waals surface area contributed by atoms with Crippen molar-refractivity contribution in [3.05, 3.63) is 93.0 Å². The Morgan fingerprint density at radius 3 is 1.79 bits per heavy atom. The molecule has 0 saturated heterocycles. The molecule has 2 aliphatic rings. The SMILES string of the molecule is Cc1cc(N)ccc1[C]1[CH][CH][CH][CH]1.[CH]1[CH][CH][CH][CH]1.[Fe]. The summed E-state index contributed by atoms with van der Waals surface area (Å²) >= 11 is 0. The second-order valence-corrected chi connectivity index (χ2v) is 4.21. The molecule has 2 heteroatoms. The molecule has 0 spiro atoms. The van der Waals surface area contributed by atoms with Crippen molar-refractivity contribution >= 4 is 5.69 Å². The van der Waals surface area contributed by atoms with Crippen LogP contribution in [0.1, 0.15) is 11.1 Å². The van der Waals surface area contributed by atoms with Crippen LogP contribution in [0.5, 0.6) is 0 Å². The second kappa shape index (κ2) is 8.66. The molecule has 0 amide bonds. The maximum Gasteiger partial charge on any atom is 0.0316 e. The van der Waals surface area contributed by atoms with E-state index in [9.17, 15) is 0 Å². The number of nitrogens with two attached hydrogens (primary N) is 1. The average Bonchev–Trinajstić information content (AvgIpc) is 3.05. The molecule has 1 aromatic rings. The summed E-state index contributed by atoms with van der Waals surface area (Å²) in [4.78, 5) is 0. The maximum absolute atomic E-state index is 5.68. The first-order valence-electron chi connectivity index (χ1n) is 6.02. The third-order valence-corrected chi connectivity index (χ3v) is 2.78. The van der Waals surface area contributed by atoms with Gasteiger partial charge < -0.3 is 5.73 Å². The number of anilines is 1. The molecular formula is C17H17FeN. The van der Waals surface area contributed by atoms with Gasteiger partial charge in [0, 0.05) is 28.7 Å². The summed E-state index contributed by atoms with van der Waals surface area (Å²) in [7, 11) is 0. The standard InChI is InChI=1S/C12H12N.C5H5.Fe/c1-9-8-11(13)6-7-12(9)10-4-2-3-5-10;1-2-4-5-3-1;/h2-8H,13H2,1H3;1-5H;. The molecule has 2 fully saturated rings. The molecule has 0 heterocycles. The average molecular weight is 291 g/mol. The van der Waals surface area contributed by atoms with Crippen molar-refractivity contribution in [2.45, 2.75) is 6.92 Å². The number of rotatable bonds is 1. The molecule has 3 rings (SSSR count). The zero-order valence-electron chi connectivity index (χ0n) is 10.9. The van der Waals surface area contributed by atoms with Crippen molar-refractivity contribution in [1.82, 2.24) is 0 Å². The van der Waals surface area contributed by atoms with Gasteiger partial charge in [0.1, 0.15) is 0 Å². The molecule has 19 heavy (non-hydrogen) atoms. The van der Waals surface area contributed by atoms with Crippen LogP contribution in [0.2, 0.25) is 0 Å². The van der Waals surface area contributed by atoms with Crippen LogP contribution in [-0.2, 0) is 17.1 Å². The van der Waals surface area contributed by atoms with E-state index in [2.05, 4.69) is 25.8 Å². The van der Waals surface area contributed by atoms with Crippen LogP contribution < -0.4 is 5.73 Å². The van der Waals surface area contributed by atoms with Crippen molar-refractivity contribution in [1.29, 1.82) is 0 Å². The minimum atomic E-state index is 0. The Balaban J connectivity index is 0.000000256. The topological polar surface area (TPSA) is 26.0 Å². The Labute approximate surface area is 128 Å². The van der Waals surface area contributed by atoms with Crippen LogP contribution in [0.4, 0.5) is 5.69 Å². The van der Waals surface area contributed by atoms with Crippen LogP contribution in [0.25, 0.3) is 0 Å². The summed E-state index contributed by atoms with van der Waals surface area (Å²) in [6.45, 7) is 2.08. The van der Waals surface area contributed by atoms with Gasteiger partial charge in [0.05, 0.1) is 0 Å². The fourth-order valence-electron chi connectivity index (χ4n) is 1.89. The van der Waals surface area contributed by atoms with Gasteiger partial charge in [-0.05, 0) is 88.0 Å². The van der Waals surface area contributed by atoms with E-state index in [-0.39, 0.29) is 17.1 Å². The minimum Gasteiger partial charge on any atom is -0.399 e. The Morgan fingerprint density at radius 1 is 0.789 bits per heavy atom. The first-order chi connectivity index (χ1) is 8.77. The largest absolute Gasteiger partial charge is 0.399 e. The maximum atomic E-state index is 5.68. The van der Waals surface area contributed by atoms with Gasteiger partial charge in [0.2, 0.25) is 0 Å². The minimum absolute atomic E-state index is 0. The van der Waals surface area contributed by atoms with E-state index in [1.807, 2.05) is 57.1 Å². The van der Waals surface area contributed by atoms with Gasteiger partial charge >= 0.3 is 0 Å². The van der Waals surface area contributed by atoms with Gasteiger partial charge in [0.25, 0.3) is 0 Å². The molecule has 1 aromatic carbocycles. The molecule has 1 nitrogen and oxygen atoms in total. The molecule has 0 unspecified atom stereocenters. The Morgan fingerprint density at radius 2 is 1.32 bits per heavy atom. The normalized spacial score (nSPS) is 18.6. The molecule has 0 bridgehead atoms. The summed E-state index contributed by atoms with van der Waals surface area (Å²) in [5.74, 6) is 1.26. The van der Waals surface area contributed by atoms with E-state index in [0.29, 0.717) is 0 Å². The van der Waals surface area contributed by atoms with Gasteiger partial charge in [-0.2, -0.15) is 0 Å². The smallest absolute Gasteiger partial charge is 0.0316 e. The summed E-state index contributed by atoms with van der Waals surface area (Å²) in [6.07, 6.45) is 18.3. The van der Waals surface area contributed by atoms with Crippen LogP contribution >= 0.6 is 0 Å². The van der Waals surface area contributed by atoms with E-state index in [4.69, 9.17) is 5.73 Å². The van der Waals surface area contributed by atoms with Crippen molar-refractivity contribution in [3.8, 4) is 0 Å². The van der Waals surface area contributed by atoms with E-state index < -0.39 is 0 Å². The van der Waals surface area contributed by atoms with E-state index in [0.717, 1.165) is 5.69 Å². The number of nitrogen functional groups attached to an aromatic ring is 1. The van der Waals surface area contributed by atoms with Crippen molar-refractivity contribution in [2.24, 2.45) is 0 Å². The molecule has 0 atom stereocenters. The molecule has 2 aliphatic carbocycles. The third kappa shape index (κ3) is 5.20. The van der Waals surface area contributed by atoms with E-state index in [1.54, 1.807) is 0 Å². The van der Waals surface area contributed by atoms with Gasteiger partial charge in [-0.3, -0.25) is 0 Å². The predicted molar refractivity (Wildman–Crippen MR) is 76.6 cm³/mol. The van der Waals surface area contributed by atoms with Crippen LogP contribution in [0.3, 0.4) is 0 Å². The van der Waals surface area contributed by atoms with Crippen molar-refractivity contribution in [3.63, 3.8) is 0 Å². The summed E-state index contributed by atoms with van der Waals surface area (Å²) in [6, 6.07) is 6.01. The summed E-state index contributed by atoms with van der Waals surface area (Å²) in [5.41, 5.74) is 9.00.